The highest BCUT2D eigenvalue weighted by Crippen LogP contribution is 2.38. The van der Waals surface area contributed by atoms with Gasteiger partial charge in [0.15, 0.2) is 5.69 Å². The SMILES string of the molecule is CCOC(=O)N1CCc2c(sc(NC(=O)c3cc(C)n(C)n3)c2C(=O)OC)C1. The molecule has 1 aliphatic heterocycles. The summed E-state index contributed by atoms with van der Waals surface area (Å²) in [6, 6.07) is 1.67. The van der Waals surface area contributed by atoms with Gasteiger partial charge in [-0.25, -0.2) is 9.59 Å². The highest BCUT2D eigenvalue weighted by molar-refractivity contribution is 7.17. The molecule has 0 atom stereocenters. The molecule has 0 saturated carbocycles. The molecule has 0 aromatic carbocycles. The van der Waals surface area contributed by atoms with E-state index in [1.165, 1.54) is 18.4 Å². The van der Waals surface area contributed by atoms with Gasteiger partial charge in [-0.05, 0) is 31.9 Å². The van der Waals surface area contributed by atoms with Gasteiger partial charge >= 0.3 is 12.1 Å². The lowest BCUT2D eigenvalue weighted by Crippen LogP contribution is -2.36. The molecule has 0 aliphatic carbocycles. The van der Waals surface area contributed by atoms with Gasteiger partial charge in [-0.15, -0.1) is 11.3 Å². The smallest absolute Gasteiger partial charge is 0.410 e. The molecule has 1 N–H and O–H groups in total. The Morgan fingerprint density at radius 1 is 1.36 bits per heavy atom. The summed E-state index contributed by atoms with van der Waals surface area (Å²) in [6.45, 7) is 4.64. The third-order valence-electron chi connectivity index (χ3n) is 4.55. The maximum Gasteiger partial charge on any atom is 0.410 e. The van der Waals surface area contributed by atoms with Crippen LogP contribution in [0.4, 0.5) is 9.80 Å². The number of methoxy groups -OCH3 is 1. The highest BCUT2D eigenvalue weighted by atomic mass is 32.1. The second-order valence-electron chi connectivity index (χ2n) is 6.32. The van der Waals surface area contributed by atoms with Gasteiger partial charge in [0, 0.05) is 24.2 Å². The van der Waals surface area contributed by atoms with Gasteiger partial charge in [-0.3, -0.25) is 9.48 Å². The number of hydrogen-bond donors (Lipinski definition) is 1. The van der Waals surface area contributed by atoms with Crippen LogP contribution in [0.2, 0.25) is 0 Å². The third-order valence-corrected chi connectivity index (χ3v) is 5.68. The summed E-state index contributed by atoms with van der Waals surface area (Å²) in [5.41, 5.74) is 2.24. The summed E-state index contributed by atoms with van der Waals surface area (Å²) in [4.78, 5) is 39.4. The van der Waals surface area contributed by atoms with Crippen LogP contribution in [0.3, 0.4) is 0 Å². The van der Waals surface area contributed by atoms with Crippen LogP contribution in [0.1, 0.15) is 43.9 Å². The van der Waals surface area contributed by atoms with Gasteiger partial charge in [0.25, 0.3) is 5.91 Å². The molecule has 2 aromatic rings. The Labute approximate surface area is 166 Å². The molecule has 0 radical (unpaired) electrons. The van der Waals surface area contributed by atoms with Crippen molar-refractivity contribution in [2.75, 3.05) is 25.6 Å². The highest BCUT2D eigenvalue weighted by Gasteiger charge is 2.31. The van der Waals surface area contributed by atoms with Crippen LogP contribution < -0.4 is 5.32 Å². The average molecular weight is 406 g/mol. The van der Waals surface area contributed by atoms with E-state index in [1.807, 2.05) is 6.92 Å². The Morgan fingerprint density at radius 2 is 2.11 bits per heavy atom. The van der Waals surface area contributed by atoms with E-state index in [1.54, 1.807) is 29.6 Å². The molecule has 10 heteroatoms. The van der Waals surface area contributed by atoms with E-state index < -0.39 is 18.0 Å². The molecule has 0 fully saturated rings. The number of hydrogen-bond acceptors (Lipinski definition) is 7. The number of carbonyl (C=O) groups is 3. The van der Waals surface area contributed by atoms with Crippen LogP contribution in [0, 0.1) is 6.92 Å². The van der Waals surface area contributed by atoms with E-state index in [4.69, 9.17) is 9.47 Å². The topological polar surface area (TPSA) is 103 Å². The van der Waals surface area contributed by atoms with Gasteiger partial charge in [0.2, 0.25) is 0 Å². The van der Waals surface area contributed by atoms with Crippen LogP contribution in [-0.2, 0) is 29.5 Å². The quantitative estimate of drug-likeness (QED) is 0.782. The predicted molar refractivity (Wildman–Crippen MR) is 103 cm³/mol. The van der Waals surface area contributed by atoms with Crippen LogP contribution in [-0.4, -0.2) is 52.9 Å². The fourth-order valence-electron chi connectivity index (χ4n) is 3.02. The molecular weight excluding hydrogens is 384 g/mol. The van der Waals surface area contributed by atoms with Gasteiger partial charge in [0.1, 0.15) is 5.00 Å². The van der Waals surface area contributed by atoms with Crippen LogP contribution in [0.25, 0.3) is 0 Å². The minimum absolute atomic E-state index is 0.260. The standard InChI is InChI=1S/C18H22N4O5S/c1-5-27-18(25)22-7-6-11-13(9-22)28-16(14(11)17(24)26-4)19-15(23)12-8-10(2)21(3)20-12/h8H,5-7,9H2,1-4H3,(H,19,23). The van der Waals surface area contributed by atoms with E-state index in [-0.39, 0.29) is 5.69 Å². The molecule has 28 heavy (non-hydrogen) atoms. The number of nitrogens with zero attached hydrogens (tertiary/aromatic N) is 3. The number of amides is 2. The van der Waals surface area contributed by atoms with Crippen molar-refractivity contribution in [2.45, 2.75) is 26.8 Å². The number of ether oxygens (including phenoxy) is 2. The summed E-state index contributed by atoms with van der Waals surface area (Å²) >= 11 is 1.26. The number of rotatable bonds is 4. The first-order valence-corrected chi connectivity index (χ1v) is 9.63. The molecule has 0 spiro atoms. The van der Waals surface area contributed by atoms with Crippen molar-refractivity contribution in [1.29, 1.82) is 0 Å². The molecule has 9 nitrogen and oxygen atoms in total. The second kappa shape index (κ2) is 8.01. The number of aryl methyl sites for hydroxylation is 2. The Kier molecular flexibility index (Phi) is 5.68. The minimum Gasteiger partial charge on any atom is -0.465 e. The largest absolute Gasteiger partial charge is 0.465 e. The van der Waals surface area contributed by atoms with Crippen molar-refractivity contribution >= 4 is 34.3 Å². The summed E-state index contributed by atoms with van der Waals surface area (Å²) in [7, 11) is 3.05. The molecule has 0 saturated heterocycles. The van der Waals surface area contributed by atoms with E-state index in [0.717, 1.165) is 16.1 Å². The van der Waals surface area contributed by atoms with Crippen LogP contribution in [0.15, 0.2) is 6.07 Å². The van der Waals surface area contributed by atoms with E-state index in [2.05, 4.69) is 10.4 Å². The average Bonchev–Trinajstić information content (AvgIpc) is 3.20. The molecular formula is C18H22N4O5S. The molecule has 0 bridgehead atoms. The Bertz CT molecular complexity index is 913. The minimum atomic E-state index is -0.519. The second-order valence-corrected chi connectivity index (χ2v) is 7.42. The fourth-order valence-corrected chi connectivity index (χ4v) is 4.27. The number of esters is 1. The summed E-state index contributed by atoms with van der Waals surface area (Å²) in [5.74, 6) is -0.927. The summed E-state index contributed by atoms with van der Waals surface area (Å²) in [6.07, 6.45) is 0.0870. The Morgan fingerprint density at radius 3 is 2.71 bits per heavy atom. The first-order chi connectivity index (χ1) is 13.3. The van der Waals surface area contributed by atoms with Crippen molar-refractivity contribution in [3.05, 3.63) is 33.5 Å². The predicted octanol–water partition coefficient (Wildman–Crippen LogP) is 2.34. The maximum atomic E-state index is 12.6. The first kappa shape index (κ1) is 19.9. The fraction of sp³-hybridized carbons (Fsp3) is 0.444. The molecule has 3 heterocycles. The summed E-state index contributed by atoms with van der Waals surface area (Å²) in [5, 5.41) is 7.34. The lowest BCUT2D eigenvalue weighted by Gasteiger charge is -2.26. The van der Waals surface area contributed by atoms with Crippen LogP contribution >= 0.6 is 11.3 Å². The number of nitrogens with one attached hydrogen (secondary N) is 1. The Balaban J connectivity index is 1.90. The van der Waals surface area contributed by atoms with E-state index in [9.17, 15) is 14.4 Å². The number of thiophene rings is 1. The number of carbonyl (C=O) groups excluding carboxylic acids is 3. The zero-order valence-corrected chi connectivity index (χ0v) is 17.0. The zero-order chi connectivity index (χ0) is 20.4. The molecule has 1 aliphatic rings. The lowest BCUT2D eigenvalue weighted by molar-refractivity contribution is 0.0600. The number of fused-ring (bicyclic) bond motifs is 1. The number of aromatic nitrogens is 2. The van der Waals surface area contributed by atoms with Crippen molar-refractivity contribution in [3.8, 4) is 0 Å². The van der Waals surface area contributed by atoms with Crippen molar-refractivity contribution in [1.82, 2.24) is 14.7 Å². The van der Waals surface area contributed by atoms with Crippen molar-refractivity contribution < 1.29 is 23.9 Å². The van der Waals surface area contributed by atoms with Crippen molar-refractivity contribution in [3.63, 3.8) is 0 Å². The molecule has 150 valence electrons. The molecule has 2 amide bonds. The molecule has 2 aromatic heterocycles. The van der Waals surface area contributed by atoms with Gasteiger partial charge in [-0.2, -0.15) is 5.10 Å². The first-order valence-electron chi connectivity index (χ1n) is 8.82. The van der Waals surface area contributed by atoms with Crippen molar-refractivity contribution in [2.24, 2.45) is 7.05 Å². The summed E-state index contributed by atoms with van der Waals surface area (Å²) < 4.78 is 11.6. The van der Waals surface area contributed by atoms with Gasteiger partial charge in [0.05, 0.1) is 25.8 Å². The van der Waals surface area contributed by atoms with E-state index in [0.29, 0.717) is 36.7 Å². The maximum absolute atomic E-state index is 12.6. The monoisotopic (exact) mass is 406 g/mol. The lowest BCUT2D eigenvalue weighted by atomic mass is 10.0. The normalized spacial score (nSPS) is 13.1. The van der Waals surface area contributed by atoms with Gasteiger partial charge in [-0.1, -0.05) is 0 Å². The number of anilines is 1. The van der Waals surface area contributed by atoms with Gasteiger partial charge < -0.3 is 19.7 Å². The van der Waals surface area contributed by atoms with E-state index >= 15 is 0 Å². The third kappa shape index (κ3) is 3.72. The molecule has 3 rings (SSSR count). The molecule has 0 unspecified atom stereocenters. The Hall–Kier alpha value is -2.88. The zero-order valence-electron chi connectivity index (χ0n) is 16.2. The van der Waals surface area contributed by atoms with Crippen LogP contribution in [0.5, 0.6) is 0 Å².